The molecule has 0 aliphatic carbocycles. The van der Waals surface area contributed by atoms with Crippen molar-refractivity contribution >= 4 is 29.2 Å². The normalized spacial score (nSPS) is 10.4. The van der Waals surface area contributed by atoms with Crippen LogP contribution in [0.2, 0.25) is 0 Å². The summed E-state index contributed by atoms with van der Waals surface area (Å²) in [6.07, 6.45) is 1.49. The Morgan fingerprint density at radius 2 is 1.69 bits per heavy atom. The molecule has 0 atom stereocenters. The van der Waals surface area contributed by atoms with Gasteiger partial charge in [0.15, 0.2) is 0 Å². The number of aromatic carboxylic acids is 1. The number of anilines is 2. The molecule has 4 N–H and O–H groups in total. The van der Waals surface area contributed by atoms with Crippen LogP contribution >= 0.6 is 0 Å². The smallest absolute Gasteiger partial charge is 0.335 e. The Labute approximate surface area is 185 Å². The molecule has 164 valence electrons. The van der Waals surface area contributed by atoms with E-state index in [4.69, 9.17) is 5.73 Å². The van der Waals surface area contributed by atoms with E-state index in [-0.39, 0.29) is 11.1 Å². The lowest BCUT2D eigenvalue weighted by atomic mass is 10.0. The molecule has 0 aliphatic rings. The maximum atomic E-state index is 12.9. The van der Waals surface area contributed by atoms with Gasteiger partial charge in [0.05, 0.1) is 16.9 Å². The van der Waals surface area contributed by atoms with Crippen molar-refractivity contribution in [2.24, 2.45) is 5.73 Å². The summed E-state index contributed by atoms with van der Waals surface area (Å²) in [6.45, 7) is 5.66. The highest BCUT2D eigenvalue weighted by Gasteiger charge is 2.16. The second-order valence-electron chi connectivity index (χ2n) is 7.04. The Hall–Kier alpha value is -4.20. The van der Waals surface area contributed by atoms with E-state index < -0.39 is 17.8 Å². The van der Waals surface area contributed by atoms with Crippen LogP contribution in [-0.2, 0) is 0 Å². The molecule has 0 unspecified atom stereocenters. The van der Waals surface area contributed by atoms with Gasteiger partial charge in [-0.1, -0.05) is 6.07 Å². The number of nitrogens with one attached hydrogen (secondary N) is 1. The first-order chi connectivity index (χ1) is 15.3. The summed E-state index contributed by atoms with van der Waals surface area (Å²) in [7, 11) is 0. The third-order valence-corrected chi connectivity index (χ3v) is 5.07. The topological polar surface area (TPSA) is 126 Å². The second-order valence-corrected chi connectivity index (χ2v) is 7.04. The Balaban J connectivity index is 2.06. The van der Waals surface area contributed by atoms with Crippen molar-refractivity contribution in [1.82, 2.24) is 4.98 Å². The largest absolute Gasteiger partial charge is 0.478 e. The molecule has 2 amide bonds. The highest BCUT2D eigenvalue weighted by molar-refractivity contribution is 6.07. The van der Waals surface area contributed by atoms with Crippen molar-refractivity contribution in [3.05, 3.63) is 77.5 Å². The van der Waals surface area contributed by atoms with E-state index in [9.17, 15) is 19.5 Å². The molecule has 3 aromatic rings. The number of carbonyl (C=O) groups is 3. The number of carboxylic acids is 1. The highest BCUT2D eigenvalue weighted by Crippen LogP contribution is 2.32. The van der Waals surface area contributed by atoms with Gasteiger partial charge in [-0.25, -0.2) is 4.79 Å². The Morgan fingerprint density at radius 3 is 2.34 bits per heavy atom. The number of nitrogens with two attached hydrogens (primary N) is 1. The van der Waals surface area contributed by atoms with E-state index in [1.165, 1.54) is 36.5 Å². The minimum atomic E-state index is -1.11. The van der Waals surface area contributed by atoms with Crippen LogP contribution in [-0.4, -0.2) is 41.0 Å². The number of benzene rings is 2. The van der Waals surface area contributed by atoms with Crippen LogP contribution in [0.1, 0.15) is 44.9 Å². The molecular weight excluding hydrogens is 408 g/mol. The Morgan fingerprint density at radius 1 is 0.969 bits per heavy atom. The number of amides is 2. The van der Waals surface area contributed by atoms with Crippen LogP contribution < -0.4 is 16.0 Å². The fraction of sp³-hybridized carbons (Fsp3) is 0.167. The molecule has 3 rings (SSSR count). The van der Waals surface area contributed by atoms with Gasteiger partial charge >= 0.3 is 5.97 Å². The number of primary amides is 1. The number of hydrogen-bond donors (Lipinski definition) is 3. The van der Waals surface area contributed by atoms with Crippen LogP contribution in [0, 0.1) is 0 Å². The standard InChI is InChI=1S/C24H24N4O4/c1-3-28(4-2)18-8-9-20(19(14-18)21-13-15(22(25)29)10-11-26-21)27-23(30)16-6-5-7-17(12-16)24(31)32/h5-14H,3-4H2,1-2H3,(H2,25,29)(H,27,30)(H,31,32). The molecule has 0 spiro atoms. The first-order valence-electron chi connectivity index (χ1n) is 10.1. The van der Waals surface area contributed by atoms with Crippen molar-refractivity contribution in [3.63, 3.8) is 0 Å². The zero-order chi connectivity index (χ0) is 23.3. The van der Waals surface area contributed by atoms with E-state index in [1.54, 1.807) is 12.1 Å². The molecule has 0 aliphatic heterocycles. The summed E-state index contributed by atoms with van der Waals surface area (Å²) in [5.74, 6) is -2.16. The number of hydrogen-bond acceptors (Lipinski definition) is 5. The number of pyridine rings is 1. The van der Waals surface area contributed by atoms with E-state index in [0.717, 1.165) is 18.8 Å². The number of nitrogens with zero attached hydrogens (tertiary/aromatic N) is 2. The molecule has 8 heteroatoms. The molecule has 1 heterocycles. The fourth-order valence-electron chi connectivity index (χ4n) is 3.36. The molecule has 2 aromatic carbocycles. The summed E-state index contributed by atoms with van der Waals surface area (Å²) in [5, 5.41) is 12.0. The zero-order valence-corrected chi connectivity index (χ0v) is 17.8. The van der Waals surface area contributed by atoms with Crippen molar-refractivity contribution in [3.8, 4) is 11.3 Å². The van der Waals surface area contributed by atoms with Gasteiger partial charge < -0.3 is 21.1 Å². The number of carbonyl (C=O) groups excluding carboxylic acids is 2. The van der Waals surface area contributed by atoms with Gasteiger partial charge in [-0.2, -0.15) is 0 Å². The fourth-order valence-corrected chi connectivity index (χ4v) is 3.36. The van der Waals surface area contributed by atoms with Crippen LogP contribution in [0.5, 0.6) is 0 Å². The third-order valence-electron chi connectivity index (χ3n) is 5.07. The quantitative estimate of drug-likeness (QED) is 0.499. The van der Waals surface area contributed by atoms with Gasteiger partial charge in [0.2, 0.25) is 5.91 Å². The van der Waals surface area contributed by atoms with Crippen molar-refractivity contribution < 1.29 is 19.5 Å². The van der Waals surface area contributed by atoms with E-state index in [1.807, 2.05) is 26.0 Å². The van der Waals surface area contributed by atoms with Gasteiger partial charge in [-0.3, -0.25) is 14.6 Å². The molecular formula is C24H24N4O4. The molecule has 0 bridgehead atoms. The summed E-state index contributed by atoms with van der Waals surface area (Å²) in [4.78, 5) is 42.3. The first-order valence-corrected chi connectivity index (χ1v) is 10.1. The summed E-state index contributed by atoms with van der Waals surface area (Å²) < 4.78 is 0. The third kappa shape index (κ3) is 4.92. The van der Waals surface area contributed by atoms with Gasteiger partial charge in [-0.05, 0) is 62.4 Å². The van der Waals surface area contributed by atoms with Crippen LogP contribution in [0.25, 0.3) is 11.3 Å². The maximum absolute atomic E-state index is 12.9. The number of rotatable bonds is 8. The minimum Gasteiger partial charge on any atom is -0.478 e. The highest BCUT2D eigenvalue weighted by atomic mass is 16.4. The molecule has 0 fully saturated rings. The van der Waals surface area contributed by atoms with Crippen LogP contribution in [0.4, 0.5) is 11.4 Å². The SMILES string of the molecule is CCN(CC)c1ccc(NC(=O)c2cccc(C(=O)O)c2)c(-c2cc(C(N)=O)ccn2)c1. The lowest BCUT2D eigenvalue weighted by Gasteiger charge is -2.23. The average Bonchev–Trinajstić information content (AvgIpc) is 2.80. The molecule has 1 aromatic heterocycles. The molecule has 8 nitrogen and oxygen atoms in total. The second kappa shape index (κ2) is 9.74. The molecule has 0 saturated carbocycles. The lowest BCUT2D eigenvalue weighted by Crippen LogP contribution is -2.22. The predicted octanol–water partition coefficient (Wildman–Crippen LogP) is 3.64. The van der Waals surface area contributed by atoms with E-state index in [0.29, 0.717) is 22.5 Å². The number of carboxylic acid groups (broad SMARTS) is 1. The van der Waals surface area contributed by atoms with Crippen molar-refractivity contribution in [1.29, 1.82) is 0 Å². The Bertz CT molecular complexity index is 1170. The monoisotopic (exact) mass is 432 g/mol. The van der Waals surface area contributed by atoms with Gasteiger partial charge in [-0.15, -0.1) is 0 Å². The zero-order valence-electron chi connectivity index (χ0n) is 17.8. The van der Waals surface area contributed by atoms with Crippen LogP contribution in [0.15, 0.2) is 60.8 Å². The van der Waals surface area contributed by atoms with E-state index in [2.05, 4.69) is 15.2 Å². The minimum absolute atomic E-state index is 0.0191. The molecule has 0 saturated heterocycles. The predicted molar refractivity (Wildman–Crippen MR) is 123 cm³/mol. The summed E-state index contributed by atoms with van der Waals surface area (Å²) in [6, 6.07) is 14.4. The molecule has 0 radical (unpaired) electrons. The first kappa shape index (κ1) is 22.5. The van der Waals surface area contributed by atoms with Crippen LogP contribution in [0.3, 0.4) is 0 Å². The average molecular weight is 432 g/mol. The Kier molecular flexibility index (Phi) is 6.84. The summed E-state index contributed by atoms with van der Waals surface area (Å²) >= 11 is 0. The van der Waals surface area contributed by atoms with Gasteiger partial charge in [0, 0.05) is 41.7 Å². The van der Waals surface area contributed by atoms with Crippen molar-refractivity contribution in [2.45, 2.75) is 13.8 Å². The van der Waals surface area contributed by atoms with Crippen molar-refractivity contribution in [2.75, 3.05) is 23.3 Å². The van der Waals surface area contributed by atoms with E-state index >= 15 is 0 Å². The maximum Gasteiger partial charge on any atom is 0.335 e. The number of aromatic nitrogens is 1. The van der Waals surface area contributed by atoms with Gasteiger partial charge in [0.25, 0.3) is 5.91 Å². The molecule has 32 heavy (non-hydrogen) atoms. The lowest BCUT2D eigenvalue weighted by molar-refractivity contribution is 0.0696. The van der Waals surface area contributed by atoms with Gasteiger partial charge in [0.1, 0.15) is 0 Å². The summed E-state index contributed by atoms with van der Waals surface area (Å²) in [5.41, 5.74) is 8.45.